The van der Waals surface area contributed by atoms with Crippen LogP contribution in [0.15, 0.2) is 28.9 Å². The molecule has 1 aromatic rings. The summed E-state index contributed by atoms with van der Waals surface area (Å²) in [6.07, 6.45) is 3.01. The molecule has 0 atom stereocenters. The Kier molecular flexibility index (Phi) is 4.14. The average molecular weight is 253 g/mol. The van der Waals surface area contributed by atoms with Crippen LogP contribution in [-0.2, 0) is 4.74 Å². The SMILES string of the molecule is CCOC(=CC#N)c1ccc(Br)cn1. The van der Waals surface area contributed by atoms with Gasteiger partial charge in [0, 0.05) is 10.7 Å². The molecule has 0 aliphatic carbocycles. The van der Waals surface area contributed by atoms with Gasteiger partial charge in [0.2, 0.25) is 0 Å². The molecule has 0 fully saturated rings. The van der Waals surface area contributed by atoms with Gasteiger partial charge in [0.25, 0.3) is 0 Å². The van der Waals surface area contributed by atoms with Gasteiger partial charge >= 0.3 is 0 Å². The predicted octanol–water partition coefficient (Wildman–Crippen LogP) is 2.75. The van der Waals surface area contributed by atoms with Crippen molar-refractivity contribution in [3.05, 3.63) is 34.6 Å². The molecular weight excluding hydrogens is 244 g/mol. The van der Waals surface area contributed by atoms with Gasteiger partial charge in [-0.2, -0.15) is 5.26 Å². The first-order valence-corrected chi connectivity index (χ1v) is 4.91. The third kappa shape index (κ3) is 2.86. The Morgan fingerprint density at radius 1 is 1.71 bits per heavy atom. The van der Waals surface area contributed by atoms with Gasteiger partial charge in [-0.15, -0.1) is 0 Å². The molecule has 0 spiro atoms. The van der Waals surface area contributed by atoms with Crippen LogP contribution in [0.4, 0.5) is 0 Å². The van der Waals surface area contributed by atoms with Gasteiger partial charge in [0.15, 0.2) is 5.76 Å². The van der Waals surface area contributed by atoms with Crippen LogP contribution >= 0.6 is 15.9 Å². The number of halogens is 1. The lowest BCUT2D eigenvalue weighted by Gasteiger charge is -2.05. The molecule has 0 radical (unpaired) electrons. The highest BCUT2D eigenvalue weighted by Crippen LogP contribution is 2.15. The van der Waals surface area contributed by atoms with Crippen LogP contribution in [0.1, 0.15) is 12.6 Å². The largest absolute Gasteiger partial charge is 0.491 e. The second-order valence-electron chi connectivity index (χ2n) is 2.43. The molecule has 0 aromatic carbocycles. The monoisotopic (exact) mass is 252 g/mol. The van der Waals surface area contributed by atoms with Crippen molar-refractivity contribution in [2.75, 3.05) is 6.61 Å². The van der Waals surface area contributed by atoms with E-state index in [4.69, 9.17) is 10.00 Å². The lowest BCUT2D eigenvalue weighted by Crippen LogP contribution is -1.94. The lowest BCUT2D eigenvalue weighted by atomic mass is 10.3. The zero-order chi connectivity index (χ0) is 10.4. The molecule has 0 bridgehead atoms. The Hall–Kier alpha value is -1.34. The summed E-state index contributed by atoms with van der Waals surface area (Å²) in [6.45, 7) is 2.38. The van der Waals surface area contributed by atoms with Crippen LogP contribution in [0, 0.1) is 11.3 Å². The van der Waals surface area contributed by atoms with E-state index < -0.39 is 0 Å². The van der Waals surface area contributed by atoms with Crippen LogP contribution in [-0.4, -0.2) is 11.6 Å². The highest BCUT2D eigenvalue weighted by molar-refractivity contribution is 9.10. The van der Waals surface area contributed by atoms with Crippen molar-refractivity contribution in [3.8, 4) is 6.07 Å². The van der Waals surface area contributed by atoms with Gasteiger partial charge in [0.05, 0.1) is 18.8 Å². The van der Waals surface area contributed by atoms with E-state index in [2.05, 4.69) is 20.9 Å². The van der Waals surface area contributed by atoms with Crippen molar-refractivity contribution in [1.82, 2.24) is 4.98 Å². The molecule has 4 heteroatoms. The fourth-order valence-electron chi connectivity index (χ4n) is 0.925. The Morgan fingerprint density at radius 3 is 3.00 bits per heavy atom. The van der Waals surface area contributed by atoms with Crippen molar-refractivity contribution in [2.24, 2.45) is 0 Å². The second-order valence-corrected chi connectivity index (χ2v) is 3.35. The molecule has 0 unspecified atom stereocenters. The lowest BCUT2D eigenvalue weighted by molar-refractivity contribution is 0.297. The molecule has 14 heavy (non-hydrogen) atoms. The van der Waals surface area contributed by atoms with Crippen molar-refractivity contribution in [2.45, 2.75) is 6.92 Å². The summed E-state index contributed by atoms with van der Waals surface area (Å²) in [5, 5.41) is 8.54. The number of rotatable bonds is 3. The summed E-state index contributed by atoms with van der Waals surface area (Å²) < 4.78 is 6.17. The van der Waals surface area contributed by atoms with Crippen LogP contribution in [0.3, 0.4) is 0 Å². The highest BCUT2D eigenvalue weighted by atomic mass is 79.9. The summed E-state index contributed by atoms with van der Waals surface area (Å²) in [5.74, 6) is 0.502. The van der Waals surface area contributed by atoms with Crippen LogP contribution in [0.5, 0.6) is 0 Å². The van der Waals surface area contributed by atoms with E-state index in [1.165, 1.54) is 6.08 Å². The Morgan fingerprint density at radius 2 is 2.50 bits per heavy atom. The predicted molar refractivity (Wildman–Crippen MR) is 57.2 cm³/mol. The maximum atomic E-state index is 8.54. The fraction of sp³-hybridized carbons (Fsp3) is 0.200. The summed E-state index contributed by atoms with van der Waals surface area (Å²) in [6, 6.07) is 5.58. The number of pyridine rings is 1. The van der Waals surface area contributed by atoms with Crippen LogP contribution in [0.2, 0.25) is 0 Å². The number of nitrogens with zero attached hydrogens (tertiary/aromatic N) is 2. The number of allylic oxidation sites excluding steroid dienone is 1. The Balaban J connectivity index is 2.95. The minimum absolute atomic E-state index is 0.502. The number of hydrogen-bond acceptors (Lipinski definition) is 3. The molecule has 0 saturated carbocycles. The van der Waals surface area contributed by atoms with Crippen molar-refractivity contribution in [3.63, 3.8) is 0 Å². The molecule has 0 aliphatic rings. The normalized spacial score (nSPS) is 10.8. The summed E-state index contributed by atoms with van der Waals surface area (Å²) in [4.78, 5) is 4.12. The molecule has 0 saturated heterocycles. The number of aromatic nitrogens is 1. The Labute approximate surface area is 91.2 Å². The summed E-state index contributed by atoms with van der Waals surface area (Å²) >= 11 is 3.28. The number of nitriles is 1. The van der Waals surface area contributed by atoms with E-state index in [0.29, 0.717) is 18.1 Å². The fourth-order valence-corrected chi connectivity index (χ4v) is 1.16. The molecule has 1 heterocycles. The molecular formula is C10H9BrN2O. The first-order valence-electron chi connectivity index (χ1n) is 4.12. The third-order valence-electron chi connectivity index (χ3n) is 1.48. The van der Waals surface area contributed by atoms with E-state index >= 15 is 0 Å². The van der Waals surface area contributed by atoms with Gasteiger partial charge in [0.1, 0.15) is 5.69 Å². The van der Waals surface area contributed by atoms with Crippen molar-refractivity contribution < 1.29 is 4.74 Å². The first kappa shape index (κ1) is 10.7. The standard InChI is InChI=1S/C10H9BrN2O/c1-2-14-10(5-6-12)9-4-3-8(11)7-13-9/h3-5,7H,2H2,1H3. The maximum absolute atomic E-state index is 8.54. The van der Waals surface area contributed by atoms with Crippen molar-refractivity contribution >= 4 is 21.7 Å². The minimum Gasteiger partial charge on any atom is -0.491 e. The maximum Gasteiger partial charge on any atom is 0.155 e. The minimum atomic E-state index is 0.502. The smallest absolute Gasteiger partial charge is 0.155 e. The zero-order valence-electron chi connectivity index (χ0n) is 7.70. The molecule has 0 amide bonds. The van der Waals surface area contributed by atoms with Gasteiger partial charge in [-0.05, 0) is 35.0 Å². The molecule has 0 aliphatic heterocycles. The van der Waals surface area contributed by atoms with Gasteiger partial charge in [-0.1, -0.05) is 0 Å². The third-order valence-corrected chi connectivity index (χ3v) is 1.94. The quantitative estimate of drug-likeness (QED) is 0.614. The van der Waals surface area contributed by atoms with E-state index in [0.717, 1.165) is 4.47 Å². The summed E-state index contributed by atoms with van der Waals surface area (Å²) in [7, 11) is 0. The van der Waals surface area contributed by atoms with E-state index in [1.807, 2.05) is 19.1 Å². The average Bonchev–Trinajstić information content (AvgIpc) is 2.19. The van der Waals surface area contributed by atoms with Gasteiger partial charge in [-0.25, -0.2) is 0 Å². The second kappa shape index (κ2) is 5.40. The molecule has 1 aromatic heterocycles. The molecule has 1 rings (SSSR count). The van der Waals surface area contributed by atoms with Crippen LogP contribution in [0.25, 0.3) is 5.76 Å². The Bertz CT molecular complexity index is 365. The van der Waals surface area contributed by atoms with E-state index in [1.54, 1.807) is 12.3 Å². The molecule has 0 N–H and O–H groups in total. The highest BCUT2D eigenvalue weighted by Gasteiger charge is 2.02. The van der Waals surface area contributed by atoms with Gasteiger partial charge < -0.3 is 4.74 Å². The first-order chi connectivity index (χ1) is 6.77. The molecule has 3 nitrogen and oxygen atoms in total. The zero-order valence-corrected chi connectivity index (χ0v) is 9.28. The van der Waals surface area contributed by atoms with Crippen LogP contribution < -0.4 is 0 Å². The molecule has 72 valence electrons. The van der Waals surface area contributed by atoms with Gasteiger partial charge in [-0.3, -0.25) is 4.98 Å². The van der Waals surface area contributed by atoms with E-state index in [9.17, 15) is 0 Å². The van der Waals surface area contributed by atoms with Crippen molar-refractivity contribution in [1.29, 1.82) is 5.26 Å². The topological polar surface area (TPSA) is 45.9 Å². The summed E-state index contributed by atoms with van der Waals surface area (Å²) in [5.41, 5.74) is 0.664. The number of ether oxygens (including phenoxy) is 1. The number of hydrogen-bond donors (Lipinski definition) is 0. The van der Waals surface area contributed by atoms with E-state index in [-0.39, 0.29) is 0 Å².